The quantitative estimate of drug-likeness (QED) is 0.782. The number of thioether (sulfide) groups is 1. The van der Waals surface area contributed by atoms with Gasteiger partial charge in [0.05, 0.1) is 0 Å². The molecule has 0 aliphatic rings. The Kier molecular flexibility index (Phi) is 4.14. The largest absolute Gasteiger partial charge is 0.350 e. The van der Waals surface area contributed by atoms with Crippen LogP contribution < -0.4 is 0 Å². The fourth-order valence-electron chi connectivity index (χ4n) is 1.99. The second-order valence-corrected chi connectivity index (χ2v) is 6.42. The van der Waals surface area contributed by atoms with Crippen molar-refractivity contribution in [1.29, 1.82) is 0 Å². The third kappa shape index (κ3) is 2.85. The minimum absolute atomic E-state index is 0.194. The van der Waals surface area contributed by atoms with Crippen molar-refractivity contribution in [2.24, 2.45) is 7.05 Å². The molecule has 2 aromatic rings. The first-order valence-electron chi connectivity index (χ1n) is 5.45. The molecule has 0 saturated carbocycles. The first-order chi connectivity index (χ1) is 8.09. The summed E-state index contributed by atoms with van der Waals surface area (Å²) in [6.07, 6.45) is 3.12. The van der Waals surface area contributed by atoms with Crippen LogP contribution in [0.15, 0.2) is 24.4 Å². The third-order valence-electron chi connectivity index (χ3n) is 2.72. The number of halogens is 1. The van der Waals surface area contributed by atoms with E-state index in [1.165, 1.54) is 31.8 Å². The Bertz CT molecular complexity index is 562. The molecule has 0 saturated heterocycles. The van der Waals surface area contributed by atoms with E-state index >= 15 is 0 Å². The predicted octanol–water partition coefficient (Wildman–Crippen LogP) is 3.61. The average Bonchev–Trinajstić information content (AvgIpc) is 2.57. The van der Waals surface area contributed by atoms with Crippen LogP contribution in [0.1, 0.15) is 12.5 Å². The Hall–Kier alpha value is -0.490. The van der Waals surface area contributed by atoms with Crippen LogP contribution in [0.4, 0.5) is 0 Å². The number of aromatic nitrogens is 1. The van der Waals surface area contributed by atoms with E-state index in [1.807, 2.05) is 0 Å². The summed E-state index contributed by atoms with van der Waals surface area (Å²) in [5.74, 6) is 0.861. The molecule has 0 bridgehead atoms. The van der Waals surface area contributed by atoms with Crippen molar-refractivity contribution in [3.05, 3.63) is 33.5 Å². The minimum atomic E-state index is 0.194. The highest BCUT2D eigenvalue weighted by molar-refractivity contribution is 14.1. The molecule has 0 amide bonds. The molecule has 0 N–H and O–H groups in total. The maximum Gasteiger partial charge on any atom is 0.185 e. The molecule has 2 rings (SSSR count). The van der Waals surface area contributed by atoms with Gasteiger partial charge in [0.25, 0.3) is 0 Å². The maximum atomic E-state index is 10.9. The lowest BCUT2D eigenvalue weighted by Gasteiger charge is -2.00. The summed E-state index contributed by atoms with van der Waals surface area (Å²) in [5, 5.41) is 1.53. The van der Waals surface area contributed by atoms with E-state index in [2.05, 4.69) is 58.6 Å². The molecule has 1 aromatic heterocycles. The van der Waals surface area contributed by atoms with E-state index in [0.29, 0.717) is 0 Å². The number of benzene rings is 1. The average molecular weight is 359 g/mol. The zero-order chi connectivity index (χ0) is 12.4. The van der Waals surface area contributed by atoms with Gasteiger partial charge in [0.15, 0.2) is 5.12 Å². The molecule has 1 aromatic carbocycles. The molecule has 0 unspecified atom stereocenters. The van der Waals surface area contributed by atoms with Crippen LogP contribution in [-0.2, 0) is 18.3 Å². The van der Waals surface area contributed by atoms with Crippen molar-refractivity contribution in [2.75, 3.05) is 5.75 Å². The highest BCUT2D eigenvalue weighted by atomic mass is 127. The van der Waals surface area contributed by atoms with Crippen molar-refractivity contribution < 1.29 is 4.79 Å². The second-order valence-electron chi connectivity index (χ2n) is 3.99. The van der Waals surface area contributed by atoms with Gasteiger partial charge < -0.3 is 4.57 Å². The standard InChI is InChI=1S/C13H14INOS/c1-9(16)17-7-6-10-8-15(2)12-5-3-4-11(14)13(10)12/h3-5,8H,6-7H2,1-2H3. The lowest BCUT2D eigenvalue weighted by Crippen LogP contribution is -1.91. The minimum Gasteiger partial charge on any atom is -0.350 e. The first kappa shape index (κ1) is 13.0. The number of nitrogens with zero attached hydrogens (tertiary/aromatic N) is 1. The first-order valence-corrected chi connectivity index (χ1v) is 7.52. The maximum absolute atomic E-state index is 10.9. The van der Waals surface area contributed by atoms with Crippen molar-refractivity contribution in [2.45, 2.75) is 13.3 Å². The lowest BCUT2D eigenvalue weighted by atomic mass is 10.1. The zero-order valence-electron chi connectivity index (χ0n) is 9.87. The number of carbonyl (C=O) groups is 1. The van der Waals surface area contributed by atoms with Crippen LogP contribution >= 0.6 is 34.4 Å². The highest BCUT2D eigenvalue weighted by Crippen LogP contribution is 2.26. The molecule has 0 spiro atoms. The summed E-state index contributed by atoms with van der Waals surface area (Å²) in [7, 11) is 2.07. The van der Waals surface area contributed by atoms with Crippen molar-refractivity contribution in [3.8, 4) is 0 Å². The van der Waals surface area contributed by atoms with E-state index in [1.54, 1.807) is 6.92 Å². The summed E-state index contributed by atoms with van der Waals surface area (Å²) in [6.45, 7) is 1.62. The Morgan fingerprint density at radius 3 is 2.94 bits per heavy atom. The van der Waals surface area contributed by atoms with Crippen LogP contribution in [0.5, 0.6) is 0 Å². The summed E-state index contributed by atoms with van der Waals surface area (Å²) in [5.41, 5.74) is 2.60. The Morgan fingerprint density at radius 2 is 2.24 bits per heavy atom. The van der Waals surface area contributed by atoms with Gasteiger partial charge in [-0.15, -0.1) is 0 Å². The van der Waals surface area contributed by atoms with Gasteiger partial charge in [0.1, 0.15) is 0 Å². The van der Waals surface area contributed by atoms with Crippen molar-refractivity contribution in [1.82, 2.24) is 4.57 Å². The van der Waals surface area contributed by atoms with Gasteiger partial charge in [-0.2, -0.15) is 0 Å². The van der Waals surface area contributed by atoms with Crippen LogP contribution in [-0.4, -0.2) is 15.4 Å². The number of hydrogen-bond acceptors (Lipinski definition) is 2. The Morgan fingerprint density at radius 1 is 1.47 bits per heavy atom. The van der Waals surface area contributed by atoms with Crippen molar-refractivity contribution in [3.63, 3.8) is 0 Å². The van der Waals surface area contributed by atoms with Gasteiger partial charge >= 0.3 is 0 Å². The number of carbonyl (C=O) groups excluding carboxylic acids is 1. The van der Waals surface area contributed by atoms with Gasteiger partial charge in [-0.25, -0.2) is 0 Å². The zero-order valence-corrected chi connectivity index (χ0v) is 12.8. The summed E-state index contributed by atoms with van der Waals surface area (Å²) in [4.78, 5) is 10.9. The number of fused-ring (bicyclic) bond motifs is 1. The van der Waals surface area contributed by atoms with E-state index in [0.717, 1.165) is 12.2 Å². The molecule has 17 heavy (non-hydrogen) atoms. The molecule has 0 fully saturated rings. The summed E-state index contributed by atoms with van der Waals surface area (Å²) >= 11 is 3.77. The number of aryl methyl sites for hydroxylation is 2. The lowest BCUT2D eigenvalue weighted by molar-refractivity contribution is -0.109. The third-order valence-corrected chi connectivity index (χ3v) is 4.43. The summed E-state index contributed by atoms with van der Waals surface area (Å²) < 4.78 is 3.44. The normalized spacial score (nSPS) is 11.0. The summed E-state index contributed by atoms with van der Waals surface area (Å²) in [6, 6.07) is 6.35. The fraction of sp³-hybridized carbons (Fsp3) is 0.308. The molecule has 90 valence electrons. The van der Waals surface area contributed by atoms with E-state index in [9.17, 15) is 4.79 Å². The molecule has 0 aliphatic heterocycles. The highest BCUT2D eigenvalue weighted by Gasteiger charge is 2.09. The molecule has 1 heterocycles. The molecule has 0 radical (unpaired) electrons. The van der Waals surface area contributed by atoms with Crippen LogP contribution in [0.25, 0.3) is 10.9 Å². The molecule has 4 heteroatoms. The van der Waals surface area contributed by atoms with Crippen molar-refractivity contribution >= 4 is 50.4 Å². The topological polar surface area (TPSA) is 22.0 Å². The second kappa shape index (κ2) is 5.44. The smallest absolute Gasteiger partial charge is 0.185 e. The van der Waals surface area contributed by atoms with Gasteiger partial charge in [-0.1, -0.05) is 17.8 Å². The van der Waals surface area contributed by atoms with E-state index in [-0.39, 0.29) is 5.12 Å². The van der Waals surface area contributed by atoms with Gasteiger partial charge in [-0.05, 0) is 46.7 Å². The van der Waals surface area contributed by atoms with Crippen LogP contribution in [0.3, 0.4) is 0 Å². The molecular weight excluding hydrogens is 345 g/mol. The van der Waals surface area contributed by atoms with Crippen LogP contribution in [0.2, 0.25) is 0 Å². The molecule has 2 nitrogen and oxygen atoms in total. The Balaban J connectivity index is 2.31. The monoisotopic (exact) mass is 359 g/mol. The number of rotatable bonds is 3. The van der Waals surface area contributed by atoms with E-state index in [4.69, 9.17) is 0 Å². The Labute approximate surface area is 119 Å². The van der Waals surface area contributed by atoms with Gasteiger partial charge in [-0.3, -0.25) is 4.79 Å². The SMILES string of the molecule is CC(=O)SCCc1cn(C)c2cccc(I)c12. The number of hydrogen-bond donors (Lipinski definition) is 0. The molecule has 0 atom stereocenters. The fourth-order valence-corrected chi connectivity index (χ4v) is 3.43. The van der Waals surface area contributed by atoms with Gasteiger partial charge in [0.2, 0.25) is 0 Å². The van der Waals surface area contributed by atoms with E-state index < -0.39 is 0 Å². The molecule has 0 aliphatic carbocycles. The van der Waals surface area contributed by atoms with Crippen LogP contribution in [0, 0.1) is 3.57 Å². The predicted molar refractivity (Wildman–Crippen MR) is 82.5 cm³/mol. The van der Waals surface area contributed by atoms with Gasteiger partial charge in [0, 0.05) is 40.4 Å². The molecular formula is C13H14INOS.